The Labute approximate surface area is 99.5 Å². The van der Waals surface area contributed by atoms with Crippen molar-refractivity contribution in [3.63, 3.8) is 0 Å². The fourth-order valence-electron chi connectivity index (χ4n) is 1.26. The number of hydrogen-bond donors (Lipinski definition) is 2. The second kappa shape index (κ2) is 5.79. The Bertz CT molecular complexity index is 440. The molecule has 1 rings (SSSR count). The van der Waals surface area contributed by atoms with E-state index in [4.69, 9.17) is 15.2 Å². The van der Waals surface area contributed by atoms with Gasteiger partial charge in [0, 0.05) is 6.08 Å². The van der Waals surface area contributed by atoms with E-state index in [-0.39, 0.29) is 17.2 Å². The zero-order chi connectivity index (χ0) is 12.8. The van der Waals surface area contributed by atoms with Gasteiger partial charge in [0.25, 0.3) is 0 Å². The second-order valence-electron chi connectivity index (χ2n) is 3.25. The van der Waals surface area contributed by atoms with Crippen LogP contribution in [0.3, 0.4) is 0 Å². The van der Waals surface area contributed by atoms with Gasteiger partial charge in [-0.15, -0.1) is 0 Å². The lowest BCUT2D eigenvalue weighted by Gasteiger charge is -2.07. The molecule has 0 unspecified atom stereocenters. The molecular weight excluding hydrogens is 222 g/mol. The van der Waals surface area contributed by atoms with Crippen LogP contribution in [0.15, 0.2) is 18.2 Å². The topological polar surface area (TPSA) is 81.8 Å². The minimum atomic E-state index is -0.432. The molecule has 3 N–H and O–H groups in total. The Morgan fingerprint density at radius 1 is 1.53 bits per heavy atom. The third-order valence-electron chi connectivity index (χ3n) is 2.05. The fraction of sp³-hybridized carbons (Fsp3) is 0.250. The lowest BCUT2D eigenvalue weighted by molar-refractivity contribution is -0.137. The normalized spacial score (nSPS) is 10.5. The van der Waals surface area contributed by atoms with Gasteiger partial charge in [-0.05, 0) is 30.7 Å². The number of nitrogens with two attached hydrogens (primary N) is 1. The van der Waals surface area contributed by atoms with Crippen molar-refractivity contribution in [1.29, 1.82) is 0 Å². The van der Waals surface area contributed by atoms with E-state index in [1.165, 1.54) is 25.3 Å². The molecule has 1 aromatic rings. The number of methoxy groups -OCH3 is 1. The second-order valence-corrected chi connectivity index (χ2v) is 3.25. The molecule has 92 valence electrons. The van der Waals surface area contributed by atoms with Crippen LogP contribution in [0.1, 0.15) is 12.5 Å². The molecule has 1 aromatic carbocycles. The molecule has 0 aliphatic rings. The first-order chi connectivity index (χ1) is 8.08. The SMILES string of the molecule is CCOC(=O)C=Cc1cc(N)c(O)c(OC)c1. The lowest BCUT2D eigenvalue weighted by atomic mass is 10.1. The van der Waals surface area contributed by atoms with Crippen LogP contribution in [0.25, 0.3) is 6.08 Å². The minimum Gasteiger partial charge on any atom is -0.503 e. The molecule has 0 aliphatic carbocycles. The van der Waals surface area contributed by atoms with Crippen molar-refractivity contribution in [1.82, 2.24) is 0 Å². The molecule has 0 radical (unpaired) electrons. The van der Waals surface area contributed by atoms with Crippen LogP contribution in [0.5, 0.6) is 11.5 Å². The maximum atomic E-state index is 11.1. The molecule has 5 heteroatoms. The number of phenols is 1. The summed E-state index contributed by atoms with van der Waals surface area (Å²) >= 11 is 0. The maximum absolute atomic E-state index is 11.1. The number of hydrogen-bond acceptors (Lipinski definition) is 5. The third kappa shape index (κ3) is 3.41. The average molecular weight is 237 g/mol. The van der Waals surface area contributed by atoms with E-state index >= 15 is 0 Å². The quantitative estimate of drug-likeness (QED) is 0.359. The van der Waals surface area contributed by atoms with Crippen molar-refractivity contribution < 1.29 is 19.4 Å². The summed E-state index contributed by atoms with van der Waals surface area (Å²) in [5.74, 6) is -0.285. The van der Waals surface area contributed by atoms with Crippen LogP contribution < -0.4 is 10.5 Å². The van der Waals surface area contributed by atoms with Gasteiger partial charge in [0.05, 0.1) is 19.4 Å². The number of anilines is 1. The van der Waals surface area contributed by atoms with E-state index in [1.54, 1.807) is 13.0 Å². The Morgan fingerprint density at radius 3 is 2.82 bits per heavy atom. The number of benzene rings is 1. The van der Waals surface area contributed by atoms with Crippen molar-refractivity contribution in [3.8, 4) is 11.5 Å². The highest BCUT2D eigenvalue weighted by Crippen LogP contribution is 2.33. The number of ether oxygens (including phenoxy) is 2. The Kier molecular flexibility index (Phi) is 4.39. The Hall–Kier alpha value is -2.17. The summed E-state index contributed by atoms with van der Waals surface area (Å²) < 4.78 is 9.68. The summed E-state index contributed by atoms with van der Waals surface area (Å²) in [7, 11) is 1.42. The number of rotatable bonds is 4. The van der Waals surface area contributed by atoms with Gasteiger partial charge in [0.2, 0.25) is 0 Å². The number of aromatic hydroxyl groups is 1. The standard InChI is InChI=1S/C12H15NO4/c1-3-17-11(14)5-4-8-6-9(13)12(15)10(7-8)16-2/h4-7,15H,3,13H2,1-2H3. The van der Waals surface area contributed by atoms with Crippen LogP contribution in [0, 0.1) is 0 Å². The van der Waals surface area contributed by atoms with E-state index < -0.39 is 5.97 Å². The summed E-state index contributed by atoms with van der Waals surface area (Å²) in [4.78, 5) is 11.1. The highest BCUT2D eigenvalue weighted by Gasteiger charge is 2.06. The molecule has 5 nitrogen and oxygen atoms in total. The van der Waals surface area contributed by atoms with Gasteiger partial charge in [-0.2, -0.15) is 0 Å². The van der Waals surface area contributed by atoms with Gasteiger partial charge >= 0.3 is 5.97 Å². The Balaban J connectivity index is 2.92. The summed E-state index contributed by atoms with van der Waals surface area (Å²) in [6.45, 7) is 2.05. The molecule has 0 atom stereocenters. The molecule has 0 bridgehead atoms. The first-order valence-electron chi connectivity index (χ1n) is 5.09. The van der Waals surface area contributed by atoms with Gasteiger partial charge < -0.3 is 20.3 Å². The lowest BCUT2D eigenvalue weighted by Crippen LogP contribution is -1.98. The molecular formula is C12H15NO4. The molecule has 0 aliphatic heterocycles. The van der Waals surface area contributed by atoms with E-state index in [2.05, 4.69) is 0 Å². The zero-order valence-corrected chi connectivity index (χ0v) is 9.77. The van der Waals surface area contributed by atoms with E-state index in [1.807, 2.05) is 0 Å². The van der Waals surface area contributed by atoms with Gasteiger partial charge in [-0.3, -0.25) is 0 Å². The number of carbonyl (C=O) groups is 1. The average Bonchev–Trinajstić information content (AvgIpc) is 2.31. The zero-order valence-electron chi connectivity index (χ0n) is 9.77. The van der Waals surface area contributed by atoms with Crippen LogP contribution in [-0.2, 0) is 9.53 Å². The van der Waals surface area contributed by atoms with Crippen LogP contribution in [0.2, 0.25) is 0 Å². The van der Waals surface area contributed by atoms with Gasteiger partial charge in [0.1, 0.15) is 0 Å². The summed E-state index contributed by atoms with van der Waals surface area (Å²) in [5.41, 5.74) is 6.41. The van der Waals surface area contributed by atoms with E-state index in [9.17, 15) is 9.90 Å². The number of esters is 1. The predicted octanol–water partition coefficient (Wildman–Crippen LogP) is 1.56. The van der Waals surface area contributed by atoms with Gasteiger partial charge in [-0.25, -0.2) is 4.79 Å². The van der Waals surface area contributed by atoms with Crippen molar-refractivity contribution >= 4 is 17.7 Å². The van der Waals surface area contributed by atoms with E-state index in [0.29, 0.717) is 12.2 Å². The predicted molar refractivity (Wildman–Crippen MR) is 64.7 cm³/mol. The largest absolute Gasteiger partial charge is 0.503 e. The highest BCUT2D eigenvalue weighted by molar-refractivity contribution is 5.87. The molecule has 0 heterocycles. The van der Waals surface area contributed by atoms with Crippen molar-refractivity contribution in [2.24, 2.45) is 0 Å². The molecule has 0 saturated carbocycles. The monoisotopic (exact) mass is 237 g/mol. The van der Waals surface area contributed by atoms with E-state index in [0.717, 1.165) is 0 Å². The smallest absolute Gasteiger partial charge is 0.330 e. The molecule has 0 fully saturated rings. The molecule has 0 saturated heterocycles. The maximum Gasteiger partial charge on any atom is 0.330 e. The molecule has 0 spiro atoms. The van der Waals surface area contributed by atoms with Crippen LogP contribution in [-0.4, -0.2) is 24.8 Å². The summed E-state index contributed by atoms with van der Waals surface area (Å²) in [6.07, 6.45) is 2.82. The first kappa shape index (κ1) is 12.9. The summed E-state index contributed by atoms with van der Waals surface area (Å²) in [6, 6.07) is 3.11. The molecule has 0 aromatic heterocycles. The van der Waals surface area contributed by atoms with Crippen LogP contribution in [0.4, 0.5) is 5.69 Å². The minimum absolute atomic E-state index is 0.110. The van der Waals surface area contributed by atoms with Gasteiger partial charge in [0.15, 0.2) is 11.5 Å². The van der Waals surface area contributed by atoms with Crippen molar-refractivity contribution in [2.75, 3.05) is 19.5 Å². The first-order valence-corrected chi connectivity index (χ1v) is 5.09. The van der Waals surface area contributed by atoms with Crippen molar-refractivity contribution in [2.45, 2.75) is 6.92 Å². The number of nitrogen functional groups attached to an aromatic ring is 1. The molecule has 0 amide bonds. The fourth-order valence-corrected chi connectivity index (χ4v) is 1.26. The summed E-state index contributed by atoms with van der Waals surface area (Å²) in [5, 5.41) is 9.52. The Morgan fingerprint density at radius 2 is 2.24 bits per heavy atom. The number of carbonyl (C=O) groups excluding carboxylic acids is 1. The number of phenolic OH excluding ortho intramolecular Hbond substituents is 1. The van der Waals surface area contributed by atoms with Crippen LogP contribution >= 0.6 is 0 Å². The third-order valence-corrected chi connectivity index (χ3v) is 2.05. The van der Waals surface area contributed by atoms with Crippen molar-refractivity contribution in [3.05, 3.63) is 23.8 Å². The van der Waals surface area contributed by atoms with Gasteiger partial charge in [-0.1, -0.05) is 0 Å². The molecule has 17 heavy (non-hydrogen) atoms. The highest BCUT2D eigenvalue weighted by atomic mass is 16.5.